The van der Waals surface area contributed by atoms with Crippen LogP contribution in [0.1, 0.15) is 98.6 Å². The van der Waals surface area contributed by atoms with Crippen molar-refractivity contribution in [1.29, 1.82) is 0 Å². The number of amides is 1. The predicted octanol–water partition coefficient (Wildman–Crippen LogP) is 6.34. The summed E-state index contributed by atoms with van der Waals surface area (Å²) < 4.78 is 9.90. The Hall–Kier alpha value is -2.81. The molecule has 2 unspecified atom stereocenters. The van der Waals surface area contributed by atoms with E-state index in [1.165, 1.54) is 19.4 Å². The Bertz CT molecular complexity index is 1120. The van der Waals surface area contributed by atoms with Gasteiger partial charge in [0.25, 0.3) is 0 Å². The highest BCUT2D eigenvalue weighted by atomic mass is 32.1. The summed E-state index contributed by atoms with van der Waals surface area (Å²) >= 11 is 1.66. The monoisotopic (exact) mass is 518 g/mol. The lowest BCUT2D eigenvalue weighted by Gasteiger charge is -2.30. The van der Waals surface area contributed by atoms with Crippen molar-refractivity contribution in [3.63, 3.8) is 0 Å². The number of aromatic nitrogens is 1. The zero-order valence-corrected chi connectivity index (χ0v) is 22.9. The number of Topliss-reactive ketones (excluding diaryl/α,β-unsaturated/α-hetero) is 1. The van der Waals surface area contributed by atoms with Crippen LogP contribution in [0, 0.1) is 11.3 Å². The SMILES string of the molecule is CCCCc1ncc(CC(C)(C)C(C)C(=O)c2c(O)cc(C(C)CCCC=NC(=O)OC)oc2=O)s1. The number of aliphatic imine (C=N–C) groups is 1. The summed E-state index contributed by atoms with van der Waals surface area (Å²) in [6.45, 7) is 9.77. The number of hydrogen-bond donors (Lipinski definition) is 1. The summed E-state index contributed by atoms with van der Waals surface area (Å²) in [5.41, 5.74) is -1.58. The number of ketones is 1. The minimum atomic E-state index is -0.823. The van der Waals surface area contributed by atoms with E-state index in [-0.39, 0.29) is 17.2 Å². The van der Waals surface area contributed by atoms with Crippen LogP contribution in [-0.2, 0) is 17.6 Å². The summed E-state index contributed by atoms with van der Waals surface area (Å²) in [7, 11) is 1.26. The number of nitrogens with zero attached hydrogens (tertiary/aromatic N) is 2. The van der Waals surface area contributed by atoms with Gasteiger partial charge in [-0.05, 0) is 43.9 Å². The van der Waals surface area contributed by atoms with Gasteiger partial charge in [0.1, 0.15) is 17.1 Å². The predicted molar refractivity (Wildman–Crippen MR) is 142 cm³/mol. The van der Waals surface area contributed by atoms with Crippen molar-refractivity contribution in [1.82, 2.24) is 4.98 Å². The van der Waals surface area contributed by atoms with E-state index in [4.69, 9.17) is 4.42 Å². The molecule has 36 heavy (non-hydrogen) atoms. The lowest BCUT2D eigenvalue weighted by molar-refractivity contribution is 0.0812. The molecule has 0 spiro atoms. The van der Waals surface area contributed by atoms with Crippen LogP contribution in [0.5, 0.6) is 5.75 Å². The fourth-order valence-corrected chi connectivity index (χ4v) is 5.07. The zero-order chi connectivity index (χ0) is 26.9. The van der Waals surface area contributed by atoms with Crippen molar-refractivity contribution < 1.29 is 23.8 Å². The average molecular weight is 519 g/mol. The van der Waals surface area contributed by atoms with Crippen molar-refractivity contribution in [2.75, 3.05) is 7.11 Å². The normalized spacial score (nSPS) is 13.6. The van der Waals surface area contributed by atoms with Gasteiger partial charge in [-0.3, -0.25) is 4.79 Å². The van der Waals surface area contributed by atoms with Crippen LogP contribution in [0.3, 0.4) is 0 Å². The maximum atomic E-state index is 13.3. The van der Waals surface area contributed by atoms with E-state index in [9.17, 15) is 19.5 Å². The summed E-state index contributed by atoms with van der Waals surface area (Å²) in [5, 5.41) is 11.7. The number of hydrogen-bond acceptors (Lipinski definition) is 8. The number of carbonyl (C=O) groups excluding carboxylic acids is 2. The van der Waals surface area contributed by atoms with Gasteiger partial charge in [-0.15, -0.1) is 11.3 Å². The number of rotatable bonds is 13. The van der Waals surface area contributed by atoms with E-state index in [0.29, 0.717) is 31.4 Å². The molecule has 0 fully saturated rings. The second kappa shape index (κ2) is 13.5. The third-order valence-corrected chi connectivity index (χ3v) is 7.62. The number of carbonyl (C=O) groups is 2. The van der Waals surface area contributed by atoms with Crippen LogP contribution in [0.25, 0.3) is 0 Å². The average Bonchev–Trinajstić information content (AvgIpc) is 3.27. The molecular formula is C27H38N2O6S. The van der Waals surface area contributed by atoms with Gasteiger partial charge in [0.05, 0.1) is 12.1 Å². The van der Waals surface area contributed by atoms with E-state index in [1.54, 1.807) is 18.3 Å². The summed E-state index contributed by atoms with van der Waals surface area (Å²) in [6.07, 6.45) is 8.39. The van der Waals surface area contributed by atoms with Crippen molar-refractivity contribution in [3.05, 3.63) is 43.9 Å². The van der Waals surface area contributed by atoms with Crippen molar-refractivity contribution >= 4 is 29.4 Å². The number of methoxy groups -OCH3 is 1. The second-order valence-electron chi connectivity index (χ2n) is 9.89. The van der Waals surface area contributed by atoms with E-state index < -0.39 is 28.8 Å². The number of unbranched alkanes of at least 4 members (excludes halogenated alkanes) is 2. The molecule has 8 nitrogen and oxygen atoms in total. The first-order chi connectivity index (χ1) is 17.0. The summed E-state index contributed by atoms with van der Waals surface area (Å²) in [4.78, 5) is 46.3. The molecule has 2 aromatic heterocycles. The van der Waals surface area contributed by atoms with Crippen LogP contribution >= 0.6 is 11.3 Å². The van der Waals surface area contributed by atoms with Crippen LogP contribution in [0.4, 0.5) is 4.79 Å². The van der Waals surface area contributed by atoms with Crippen LogP contribution in [0.2, 0.25) is 0 Å². The standard InChI is InChI=1S/C27H38N2O6S/c1-7-8-12-22-29-16-19(36-22)15-27(4,5)18(3)24(31)23-20(30)14-21(35-25(23)32)17(2)11-9-10-13-28-26(33)34-6/h13-14,16-18,30H,7-12,15H2,1-6H3. The number of thiazole rings is 1. The van der Waals surface area contributed by atoms with Gasteiger partial charge in [-0.2, -0.15) is 4.99 Å². The quantitative estimate of drug-likeness (QED) is 0.187. The third kappa shape index (κ3) is 8.11. The van der Waals surface area contributed by atoms with Crippen molar-refractivity contribution in [3.8, 4) is 5.75 Å². The Balaban J connectivity index is 2.08. The Morgan fingerprint density at radius 1 is 1.31 bits per heavy atom. The largest absolute Gasteiger partial charge is 0.507 e. The van der Waals surface area contributed by atoms with Gasteiger partial charge < -0.3 is 14.3 Å². The van der Waals surface area contributed by atoms with Crippen molar-refractivity contribution in [2.45, 2.75) is 85.5 Å². The fraction of sp³-hybridized carbons (Fsp3) is 0.593. The van der Waals surface area contributed by atoms with Crippen LogP contribution in [0.15, 0.2) is 26.5 Å². The third-order valence-electron chi connectivity index (χ3n) is 6.56. The van der Waals surface area contributed by atoms with E-state index >= 15 is 0 Å². The molecule has 2 heterocycles. The summed E-state index contributed by atoms with van der Waals surface area (Å²) in [6, 6.07) is 1.37. The van der Waals surface area contributed by atoms with Gasteiger partial charge in [-0.1, -0.05) is 41.0 Å². The first kappa shape index (κ1) is 29.4. The maximum absolute atomic E-state index is 13.3. The highest BCUT2D eigenvalue weighted by Gasteiger charge is 2.35. The maximum Gasteiger partial charge on any atom is 0.432 e. The van der Waals surface area contributed by atoms with E-state index in [2.05, 4.69) is 21.6 Å². The molecule has 0 saturated carbocycles. The second-order valence-corrected chi connectivity index (χ2v) is 11.1. The molecule has 0 aliphatic heterocycles. The summed E-state index contributed by atoms with van der Waals surface area (Å²) in [5.74, 6) is -1.16. The molecule has 0 saturated heterocycles. The topological polar surface area (TPSA) is 119 Å². The molecule has 0 bridgehead atoms. The fourth-order valence-electron chi connectivity index (χ4n) is 3.86. The van der Waals surface area contributed by atoms with Gasteiger partial charge in [0.2, 0.25) is 0 Å². The molecule has 2 rings (SSSR count). The molecule has 2 atom stereocenters. The number of ether oxygens (including phenoxy) is 1. The molecule has 0 aliphatic rings. The zero-order valence-electron chi connectivity index (χ0n) is 22.1. The molecule has 198 valence electrons. The van der Waals surface area contributed by atoms with Gasteiger partial charge in [0, 0.05) is 35.2 Å². The Labute approximate surface area is 216 Å². The molecule has 2 aromatic rings. The first-order valence-electron chi connectivity index (χ1n) is 12.4. The first-order valence-corrected chi connectivity index (χ1v) is 13.3. The van der Waals surface area contributed by atoms with E-state index in [1.807, 2.05) is 27.0 Å². The number of aryl methyl sites for hydroxylation is 1. The van der Waals surface area contributed by atoms with Gasteiger partial charge in [0.15, 0.2) is 5.78 Å². The Kier molecular flexibility index (Phi) is 11.0. The van der Waals surface area contributed by atoms with Crippen LogP contribution in [-0.4, -0.2) is 35.3 Å². The highest BCUT2D eigenvalue weighted by molar-refractivity contribution is 7.11. The van der Waals surface area contributed by atoms with Crippen LogP contribution < -0.4 is 5.63 Å². The van der Waals surface area contributed by atoms with E-state index in [0.717, 1.165) is 29.1 Å². The molecule has 0 aliphatic carbocycles. The highest BCUT2D eigenvalue weighted by Crippen LogP contribution is 2.36. The lowest BCUT2D eigenvalue weighted by Crippen LogP contribution is -2.33. The molecule has 9 heteroatoms. The molecule has 1 amide bonds. The minimum absolute atomic E-state index is 0.165. The lowest BCUT2D eigenvalue weighted by atomic mass is 9.73. The van der Waals surface area contributed by atoms with Gasteiger partial charge >= 0.3 is 11.7 Å². The molecule has 0 aromatic carbocycles. The Morgan fingerprint density at radius 3 is 2.67 bits per heavy atom. The Morgan fingerprint density at radius 2 is 2.03 bits per heavy atom. The molecule has 1 N–H and O–H groups in total. The van der Waals surface area contributed by atoms with Crippen molar-refractivity contribution in [2.24, 2.45) is 16.3 Å². The molecule has 0 radical (unpaired) electrons. The minimum Gasteiger partial charge on any atom is -0.507 e. The number of aromatic hydroxyl groups is 1. The van der Waals surface area contributed by atoms with Gasteiger partial charge in [-0.25, -0.2) is 14.6 Å². The molecular weight excluding hydrogens is 480 g/mol. The smallest absolute Gasteiger partial charge is 0.432 e.